The van der Waals surface area contributed by atoms with Crippen molar-refractivity contribution in [2.45, 2.75) is 38.3 Å². The van der Waals surface area contributed by atoms with E-state index in [1.165, 1.54) is 0 Å². The van der Waals surface area contributed by atoms with E-state index >= 15 is 0 Å². The molecule has 0 bridgehead atoms. The van der Waals surface area contributed by atoms with Gasteiger partial charge in [0.25, 0.3) is 0 Å². The van der Waals surface area contributed by atoms with Crippen LogP contribution < -0.4 is 10.6 Å². The Morgan fingerprint density at radius 1 is 1.29 bits per heavy atom. The average Bonchev–Trinajstić information content (AvgIpc) is 2.45. The number of halogens is 1. The Morgan fingerprint density at radius 3 is 2.76 bits per heavy atom. The smallest absolute Gasteiger partial charge is 0.315 e. The van der Waals surface area contributed by atoms with Crippen LogP contribution in [0.25, 0.3) is 0 Å². The lowest BCUT2D eigenvalue weighted by Gasteiger charge is -2.29. The molecule has 0 radical (unpaired) electrons. The van der Waals surface area contributed by atoms with Crippen LogP contribution in [0.1, 0.15) is 31.2 Å². The van der Waals surface area contributed by atoms with E-state index < -0.39 is 11.9 Å². The number of carbonyl (C=O) groups excluding carboxylic acids is 1. The van der Waals surface area contributed by atoms with Crippen LogP contribution in [-0.2, 0) is 11.3 Å². The quantitative estimate of drug-likeness (QED) is 0.800. The highest BCUT2D eigenvalue weighted by Gasteiger charge is 2.31. The highest BCUT2D eigenvalue weighted by Crippen LogP contribution is 2.24. The molecule has 0 heterocycles. The summed E-state index contributed by atoms with van der Waals surface area (Å²) in [5.74, 6) is -1.33. The van der Waals surface area contributed by atoms with Gasteiger partial charge in [-0.2, -0.15) is 0 Å². The van der Waals surface area contributed by atoms with Gasteiger partial charge >= 0.3 is 12.0 Å². The van der Waals surface area contributed by atoms with Gasteiger partial charge in [0.05, 0.1) is 5.92 Å². The van der Waals surface area contributed by atoms with Crippen molar-refractivity contribution in [1.29, 1.82) is 0 Å². The number of carboxylic acid groups (broad SMARTS) is 1. The molecule has 1 aliphatic rings. The van der Waals surface area contributed by atoms with Gasteiger partial charge in [-0.05, 0) is 30.5 Å². The zero-order valence-corrected chi connectivity index (χ0v) is 12.4. The second-order valence-corrected chi connectivity index (χ2v) is 5.73. The minimum atomic E-state index is -0.838. The minimum Gasteiger partial charge on any atom is -0.481 e. The Kier molecular flexibility index (Phi) is 5.44. The number of benzene rings is 1. The summed E-state index contributed by atoms with van der Waals surface area (Å²) in [5.41, 5.74) is 0.899. The molecule has 6 heteroatoms. The Hall–Kier alpha value is -1.75. The predicted molar refractivity (Wildman–Crippen MR) is 80.2 cm³/mol. The number of rotatable bonds is 4. The number of urea groups is 1. The van der Waals surface area contributed by atoms with Crippen molar-refractivity contribution in [3.63, 3.8) is 0 Å². The second-order valence-electron chi connectivity index (χ2n) is 5.29. The van der Waals surface area contributed by atoms with E-state index in [4.69, 9.17) is 11.6 Å². The van der Waals surface area contributed by atoms with E-state index in [1.54, 1.807) is 12.1 Å². The molecule has 1 aromatic carbocycles. The molecule has 2 atom stereocenters. The number of carbonyl (C=O) groups is 2. The standard InChI is InChI=1S/C15H19ClN2O3/c16-11-5-3-4-10(8-11)9-17-15(21)18-13-7-2-1-6-12(13)14(19)20/h3-5,8,12-13H,1-2,6-7,9H2,(H,19,20)(H2,17,18,21). The maximum atomic E-state index is 11.9. The Labute approximate surface area is 128 Å². The van der Waals surface area contributed by atoms with Gasteiger partial charge in [-0.25, -0.2) is 4.79 Å². The fraction of sp³-hybridized carbons (Fsp3) is 0.467. The molecule has 0 aliphatic heterocycles. The molecule has 1 aliphatic carbocycles. The summed E-state index contributed by atoms with van der Waals surface area (Å²) in [6.45, 7) is 0.358. The summed E-state index contributed by atoms with van der Waals surface area (Å²) in [4.78, 5) is 23.1. The monoisotopic (exact) mass is 310 g/mol. The average molecular weight is 311 g/mol. The largest absolute Gasteiger partial charge is 0.481 e. The molecule has 2 amide bonds. The Bertz CT molecular complexity index is 521. The molecule has 1 fully saturated rings. The van der Waals surface area contributed by atoms with Gasteiger partial charge in [0.2, 0.25) is 0 Å². The third kappa shape index (κ3) is 4.63. The van der Waals surface area contributed by atoms with Crippen molar-refractivity contribution in [2.24, 2.45) is 5.92 Å². The molecule has 0 saturated heterocycles. The third-order valence-electron chi connectivity index (χ3n) is 3.74. The molecular formula is C15H19ClN2O3. The van der Waals surface area contributed by atoms with Crippen LogP contribution in [0.5, 0.6) is 0 Å². The Balaban J connectivity index is 1.84. The van der Waals surface area contributed by atoms with E-state index in [-0.39, 0.29) is 12.1 Å². The number of aliphatic carboxylic acids is 1. The number of amides is 2. The zero-order valence-electron chi connectivity index (χ0n) is 11.6. The summed E-state index contributed by atoms with van der Waals surface area (Å²) < 4.78 is 0. The van der Waals surface area contributed by atoms with Crippen LogP contribution >= 0.6 is 11.6 Å². The summed E-state index contributed by atoms with van der Waals surface area (Å²) in [6, 6.07) is 6.60. The van der Waals surface area contributed by atoms with Crippen LogP contribution in [0.15, 0.2) is 24.3 Å². The molecule has 0 aromatic heterocycles. The summed E-state index contributed by atoms with van der Waals surface area (Å²) in [5, 5.41) is 15.3. The van der Waals surface area contributed by atoms with Crippen molar-refractivity contribution in [2.75, 3.05) is 0 Å². The van der Waals surface area contributed by atoms with Crippen LogP contribution in [0.3, 0.4) is 0 Å². The molecular weight excluding hydrogens is 292 g/mol. The molecule has 0 spiro atoms. The first-order valence-corrected chi connectivity index (χ1v) is 7.45. The van der Waals surface area contributed by atoms with Gasteiger partial charge in [0, 0.05) is 17.6 Å². The van der Waals surface area contributed by atoms with Gasteiger partial charge < -0.3 is 15.7 Å². The van der Waals surface area contributed by atoms with Gasteiger partial charge in [0.15, 0.2) is 0 Å². The fourth-order valence-electron chi connectivity index (χ4n) is 2.65. The number of carboxylic acids is 1. The van der Waals surface area contributed by atoms with Gasteiger partial charge in [0.1, 0.15) is 0 Å². The zero-order chi connectivity index (χ0) is 15.2. The van der Waals surface area contributed by atoms with Gasteiger partial charge in [-0.3, -0.25) is 4.79 Å². The van der Waals surface area contributed by atoms with Crippen molar-refractivity contribution in [3.05, 3.63) is 34.9 Å². The fourth-order valence-corrected chi connectivity index (χ4v) is 2.86. The lowest BCUT2D eigenvalue weighted by molar-refractivity contribution is -0.143. The topological polar surface area (TPSA) is 78.4 Å². The molecule has 1 saturated carbocycles. The first kappa shape index (κ1) is 15.6. The van der Waals surface area contributed by atoms with Crippen molar-refractivity contribution in [3.8, 4) is 0 Å². The minimum absolute atomic E-state index is 0.296. The van der Waals surface area contributed by atoms with E-state index in [1.807, 2.05) is 12.1 Å². The van der Waals surface area contributed by atoms with Crippen molar-refractivity contribution < 1.29 is 14.7 Å². The summed E-state index contributed by atoms with van der Waals surface area (Å²) in [7, 11) is 0. The maximum Gasteiger partial charge on any atom is 0.315 e. The third-order valence-corrected chi connectivity index (χ3v) is 3.98. The molecule has 2 unspecified atom stereocenters. The lowest BCUT2D eigenvalue weighted by Crippen LogP contribution is -2.48. The highest BCUT2D eigenvalue weighted by molar-refractivity contribution is 6.30. The Morgan fingerprint density at radius 2 is 2.05 bits per heavy atom. The molecule has 1 aromatic rings. The number of nitrogens with one attached hydrogen (secondary N) is 2. The SMILES string of the molecule is O=C(NCc1cccc(Cl)c1)NC1CCCCC1C(=O)O. The van der Waals surface area contributed by atoms with Gasteiger partial charge in [-0.15, -0.1) is 0 Å². The van der Waals surface area contributed by atoms with Crippen LogP contribution in [0, 0.1) is 5.92 Å². The lowest BCUT2D eigenvalue weighted by atomic mass is 9.84. The van der Waals surface area contributed by atoms with E-state index in [0.29, 0.717) is 24.4 Å². The van der Waals surface area contributed by atoms with Crippen LogP contribution in [-0.4, -0.2) is 23.1 Å². The highest BCUT2D eigenvalue weighted by atomic mass is 35.5. The van der Waals surface area contributed by atoms with E-state index in [2.05, 4.69) is 10.6 Å². The van der Waals surface area contributed by atoms with Crippen molar-refractivity contribution in [1.82, 2.24) is 10.6 Å². The molecule has 114 valence electrons. The number of hydrogen-bond acceptors (Lipinski definition) is 2. The summed E-state index contributed by atoms with van der Waals surface area (Å²) >= 11 is 5.88. The van der Waals surface area contributed by atoms with Gasteiger partial charge in [-0.1, -0.05) is 36.6 Å². The number of hydrogen-bond donors (Lipinski definition) is 3. The van der Waals surface area contributed by atoms with E-state index in [0.717, 1.165) is 18.4 Å². The molecule has 3 N–H and O–H groups in total. The predicted octanol–water partition coefficient (Wildman–Crippen LogP) is 2.78. The molecule has 5 nitrogen and oxygen atoms in total. The maximum absolute atomic E-state index is 11.9. The first-order valence-electron chi connectivity index (χ1n) is 7.08. The second kappa shape index (κ2) is 7.31. The molecule has 2 rings (SSSR count). The van der Waals surface area contributed by atoms with Crippen LogP contribution in [0.4, 0.5) is 4.79 Å². The van der Waals surface area contributed by atoms with Crippen LogP contribution in [0.2, 0.25) is 5.02 Å². The normalized spacial score (nSPS) is 21.6. The summed E-state index contributed by atoms with van der Waals surface area (Å²) in [6.07, 6.45) is 3.18. The van der Waals surface area contributed by atoms with E-state index in [9.17, 15) is 14.7 Å². The van der Waals surface area contributed by atoms with Crippen molar-refractivity contribution >= 4 is 23.6 Å². The molecule has 21 heavy (non-hydrogen) atoms. The first-order chi connectivity index (χ1) is 10.1.